The molecule has 0 bridgehead atoms. The van der Waals surface area contributed by atoms with Crippen molar-refractivity contribution < 1.29 is 14.3 Å². The third-order valence-corrected chi connectivity index (χ3v) is 6.61. The monoisotopic (exact) mass is 572 g/mol. The van der Waals surface area contributed by atoms with Gasteiger partial charge in [0.1, 0.15) is 0 Å². The van der Waals surface area contributed by atoms with Crippen molar-refractivity contribution in [3.05, 3.63) is 131 Å². The minimum absolute atomic E-state index is 0.204. The van der Waals surface area contributed by atoms with E-state index in [0.717, 1.165) is 16.7 Å². The molecule has 5 rings (SSSR count). The van der Waals surface area contributed by atoms with Gasteiger partial charge >= 0.3 is 0 Å². The van der Waals surface area contributed by atoms with Crippen molar-refractivity contribution in [3.63, 3.8) is 0 Å². The number of ether oxygens (including phenoxy) is 2. The van der Waals surface area contributed by atoms with Crippen molar-refractivity contribution in [2.75, 3.05) is 18.5 Å². The van der Waals surface area contributed by atoms with Crippen LogP contribution in [0.25, 0.3) is 22.3 Å². The molecule has 0 aliphatic rings. The predicted molar refractivity (Wildman–Crippen MR) is 171 cm³/mol. The van der Waals surface area contributed by atoms with Gasteiger partial charge in [-0.2, -0.15) is 9.78 Å². The number of aryl methyl sites for hydroxylation is 1. The molecule has 1 amide bonds. The molecular formula is C35H32N4O4. The summed E-state index contributed by atoms with van der Waals surface area (Å²) in [5.74, 6) is 1.04. The molecule has 1 heterocycles. The first-order valence-electron chi connectivity index (χ1n) is 14.0. The fourth-order valence-electron chi connectivity index (χ4n) is 4.59. The van der Waals surface area contributed by atoms with Crippen LogP contribution in [0.4, 0.5) is 5.69 Å². The van der Waals surface area contributed by atoms with Crippen LogP contribution in [0, 0.1) is 6.92 Å². The van der Waals surface area contributed by atoms with Gasteiger partial charge in [0.25, 0.3) is 11.5 Å². The zero-order valence-electron chi connectivity index (χ0n) is 24.1. The van der Waals surface area contributed by atoms with Crippen LogP contribution in [0.1, 0.15) is 23.6 Å². The van der Waals surface area contributed by atoms with Gasteiger partial charge in [0.2, 0.25) is 0 Å². The Morgan fingerprint density at radius 3 is 2.49 bits per heavy atom. The van der Waals surface area contributed by atoms with Crippen LogP contribution in [0.15, 0.2) is 114 Å². The predicted octanol–water partition coefficient (Wildman–Crippen LogP) is 6.40. The van der Waals surface area contributed by atoms with Crippen molar-refractivity contribution >= 4 is 28.7 Å². The second kappa shape index (κ2) is 13.4. The molecule has 0 unspecified atom stereocenters. The summed E-state index contributed by atoms with van der Waals surface area (Å²) in [7, 11) is 0. The zero-order valence-corrected chi connectivity index (χ0v) is 24.1. The van der Waals surface area contributed by atoms with Crippen molar-refractivity contribution in [2.24, 2.45) is 5.10 Å². The number of rotatable bonds is 11. The fraction of sp³-hybridized carbons (Fsp3) is 0.143. The second-order valence-electron chi connectivity index (χ2n) is 9.82. The average Bonchev–Trinajstić information content (AvgIpc) is 3.02. The minimum atomic E-state index is -0.293. The number of nitrogens with one attached hydrogen (secondary N) is 1. The number of aromatic nitrogens is 2. The van der Waals surface area contributed by atoms with E-state index in [9.17, 15) is 9.59 Å². The summed E-state index contributed by atoms with van der Waals surface area (Å²) in [5, 5.41) is 7.90. The summed E-state index contributed by atoms with van der Waals surface area (Å²) >= 11 is 0. The molecular weight excluding hydrogens is 540 g/mol. The molecule has 1 aromatic heterocycles. The lowest BCUT2D eigenvalue weighted by atomic mass is 10.1. The lowest BCUT2D eigenvalue weighted by Crippen LogP contribution is -2.21. The number of nitrogens with zero attached hydrogens (tertiary/aromatic N) is 3. The van der Waals surface area contributed by atoms with E-state index in [2.05, 4.69) is 17.0 Å². The molecule has 0 radical (unpaired) electrons. The molecule has 0 atom stereocenters. The van der Waals surface area contributed by atoms with Crippen LogP contribution in [-0.2, 0) is 11.2 Å². The quantitative estimate of drug-likeness (QED) is 0.146. The summed E-state index contributed by atoms with van der Waals surface area (Å²) in [6, 6.07) is 27.9. The standard InChI is InChI=1S/C35H32N4O4/c1-4-11-27-20-25(21-31(42-5-2)33(27)43-23-32(40)37-28-18-16-24(3)17-19-28)22-36-39-34(26-12-7-6-8-13-26)38-30-15-10-9-14-29(30)35(39)41/h4,6-10,12-22H,1,5,11,23H2,2-3H3,(H,37,40). The number of fused-ring (bicyclic) bond motifs is 1. The molecule has 0 fully saturated rings. The van der Waals surface area contributed by atoms with E-state index in [-0.39, 0.29) is 18.1 Å². The lowest BCUT2D eigenvalue weighted by Gasteiger charge is -2.17. The van der Waals surface area contributed by atoms with E-state index in [4.69, 9.17) is 14.5 Å². The van der Waals surface area contributed by atoms with Crippen molar-refractivity contribution in [2.45, 2.75) is 20.3 Å². The maximum absolute atomic E-state index is 13.5. The Kier molecular flexibility index (Phi) is 9.07. The van der Waals surface area contributed by atoms with Gasteiger partial charge in [0.15, 0.2) is 23.9 Å². The van der Waals surface area contributed by atoms with Crippen LogP contribution in [0.2, 0.25) is 0 Å². The first-order valence-corrected chi connectivity index (χ1v) is 14.0. The summed E-state index contributed by atoms with van der Waals surface area (Å²) in [6.45, 7) is 7.91. The lowest BCUT2D eigenvalue weighted by molar-refractivity contribution is -0.118. The highest BCUT2D eigenvalue weighted by molar-refractivity contribution is 5.92. The number of amides is 1. The number of benzene rings is 4. The molecule has 4 aromatic carbocycles. The third kappa shape index (κ3) is 6.87. The second-order valence-corrected chi connectivity index (χ2v) is 9.82. The van der Waals surface area contributed by atoms with Crippen molar-refractivity contribution in [1.29, 1.82) is 0 Å². The number of allylic oxidation sites excluding steroid dienone is 1. The highest BCUT2D eigenvalue weighted by Gasteiger charge is 2.16. The number of carbonyl (C=O) groups is 1. The molecule has 43 heavy (non-hydrogen) atoms. The third-order valence-electron chi connectivity index (χ3n) is 6.61. The Bertz CT molecular complexity index is 1840. The summed E-state index contributed by atoms with van der Waals surface area (Å²) in [6.07, 6.45) is 3.80. The van der Waals surface area contributed by atoms with Gasteiger partial charge in [-0.25, -0.2) is 4.98 Å². The van der Waals surface area contributed by atoms with E-state index in [1.54, 1.807) is 30.5 Å². The maximum atomic E-state index is 13.5. The molecule has 0 spiro atoms. The summed E-state index contributed by atoms with van der Waals surface area (Å²) in [4.78, 5) is 31.0. The molecule has 8 heteroatoms. The van der Waals surface area contributed by atoms with Crippen molar-refractivity contribution in [1.82, 2.24) is 9.66 Å². The van der Waals surface area contributed by atoms with Gasteiger partial charge in [0, 0.05) is 16.8 Å². The number of carbonyl (C=O) groups excluding carboxylic acids is 1. The van der Waals surface area contributed by atoms with Gasteiger partial charge in [-0.1, -0.05) is 66.2 Å². The largest absolute Gasteiger partial charge is 0.490 e. The Hall–Kier alpha value is -5.50. The zero-order chi connectivity index (χ0) is 30.2. The Morgan fingerprint density at radius 2 is 1.74 bits per heavy atom. The normalized spacial score (nSPS) is 11.0. The average molecular weight is 573 g/mol. The van der Waals surface area contributed by atoms with Crippen LogP contribution in [0.5, 0.6) is 11.5 Å². The Labute approximate surface area is 249 Å². The maximum Gasteiger partial charge on any atom is 0.282 e. The first-order chi connectivity index (χ1) is 21.0. The van der Waals surface area contributed by atoms with Crippen LogP contribution < -0.4 is 20.3 Å². The van der Waals surface area contributed by atoms with Gasteiger partial charge in [0.05, 0.1) is 23.7 Å². The smallest absolute Gasteiger partial charge is 0.282 e. The van der Waals surface area contributed by atoms with Gasteiger partial charge in [-0.15, -0.1) is 6.58 Å². The minimum Gasteiger partial charge on any atom is -0.490 e. The van der Waals surface area contributed by atoms with E-state index in [0.29, 0.717) is 52.5 Å². The molecule has 8 nitrogen and oxygen atoms in total. The summed E-state index contributed by atoms with van der Waals surface area (Å²) < 4.78 is 13.2. The highest BCUT2D eigenvalue weighted by atomic mass is 16.5. The summed E-state index contributed by atoms with van der Waals surface area (Å²) in [5.41, 5.74) is 4.31. The van der Waals surface area contributed by atoms with Crippen LogP contribution in [0.3, 0.4) is 0 Å². The molecule has 0 saturated carbocycles. The molecule has 0 aliphatic carbocycles. The van der Waals surface area contributed by atoms with Gasteiger partial charge < -0.3 is 14.8 Å². The SMILES string of the molecule is C=CCc1cc(C=Nn2c(-c3ccccc3)nc3ccccc3c2=O)cc(OCC)c1OCC(=O)Nc1ccc(C)cc1. The van der Waals surface area contributed by atoms with E-state index in [1.165, 1.54) is 4.68 Å². The molecule has 0 saturated heterocycles. The van der Waals surface area contributed by atoms with Crippen LogP contribution in [-0.4, -0.2) is 35.0 Å². The topological polar surface area (TPSA) is 94.8 Å². The van der Waals surface area contributed by atoms with Gasteiger partial charge in [-0.3, -0.25) is 9.59 Å². The Balaban J connectivity index is 1.49. The number of anilines is 1. The number of para-hydroxylation sites is 1. The highest BCUT2D eigenvalue weighted by Crippen LogP contribution is 2.34. The van der Waals surface area contributed by atoms with Crippen LogP contribution >= 0.6 is 0 Å². The van der Waals surface area contributed by atoms with Gasteiger partial charge in [-0.05, 0) is 62.2 Å². The fourth-order valence-corrected chi connectivity index (χ4v) is 4.59. The Morgan fingerprint density at radius 1 is 1.00 bits per heavy atom. The van der Waals surface area contributed by atoms with E-state index >= 15 is 0 Å². The van der Waals surface area contributed by atoms with E-state index in [1.807, 2.05) is 86.6 Å². The first kappa shape index (κ1) is 29.0. The number of hydrogen-bond donors (Lipinski definition) is 1. The molecule has 216 valence electrons. The number of hydrogen-bond acceptors (Lipinski definition) is 6. The molecule has 5 aromatic rings. The molecule has 1 N–H and O–H groups in total. The van der Waals surface area contributed by atoms with Crippen molar-refractivity contribution in [3.8, 4) is 22.9 Å². The van der Waals surface area contributed by atoms with E-state index < -0.39 is 0 Å². The molecule has 0 aliphatic heterocycles.